The molecule has 0 bridgehead atoms. The lowest BCUT2D eigenvalue weighted by Gasteiger charge is -2.15. The first kappa shape index (κ1) is 13.1. The predicted molar refractivity (Wildman–Crippen MR) is 62.4 cm³/mol. The van der Waals surface area contributed by atoms with Gasteiger partial charge in [-0.25, -0.2) is 4.79 Å². The van der Waals surface area contributed by atoms with Gasteiger partial charge in [0.05, 0.1) is 32.0 Å². The van der Waals surface area contributed by atoms with Crippen molar-refractivity contribution in [1.29, 1.82) is 0 Å². The van der Waals surface area contributed by atoms with E-state index >= 15 is 0 Å². The number of aromatic amines is 1. The molecule has 8 heteroatoms. The Bertz CT molecular complexity index is 524. The van der Waals surface area contributed by atoms with Crippen LogP contribution in [0.2, 0.25) is 0 Å². The second-order valence-corrected chi connectivity index (χ2v) is 4.05. The zero-order valence-electron chi connectivity index (χ0n) is 10.5. The largest absolute Gasteiger partial charge is 0.469 e. The van der Waals surface area contributed by atoms with E-state index in [1.807, 2.05) is 0 Å². The highest BCUT2D eigenvalue weighted by Gasteiger charge is 2.38. The molecule has 2 rings (SSSR count). The molecule has 0 saturated carbocycles. The first-order valence-corrected chi connectivity index (χ1v) is 5.58. The molecule has 1 saturated heterocycles. The van der Waals surface area contributed by atoms with Gasteiger partial charge in [-0.1, -0.05) is 0 Å². The van der Waals surface area contributed by atoms with Crippen LogP contribution in [0.4, 0.5) is 5.69 Å². The minimum Gasteiger partial charge on any atom is -0.469 e. The molecule has 8 nitrogen and oxygen atoms in total. The van der Waals surface area contributed by atoms with Crippen LogP contribution in [0.25, 0.3) is 0 Å². The van der Waals surface area contributed by atoms with Crippen LogP contribution >= 0.6 is 0 Å². The Kier molecular flexibility index (Phi) is 3.50. The fourth-order valence-corrected chi connectivity index (χ4v) is 2.00. The van der Waals surface area contributed by atoms with Gasteiger partial charge in [-0.15, -0.1) is 0 Å². The SMILES string of the molecule is COC(=O)c1[nH]ncc1N1CC(C(=O)OC)CC1=O. The van der Waals surface area contributed by atoms with Gasteiger partial charge >= 0.3 is 11.9 Å². The molecule has 1 aromatic rings. The lowest BCUT2D eigenvalue weighted by molar-refractivity contribution is -0.145. The number of hydrogen-bond acceptors (Lipinski definition) is 6. The molecule has 1 amide bonds. The Morgan fingerprint density at radius 1 is 1.42 bits per heavy atom. The van der Waals surface area contributed by atoms with E-state index in [9.17, 15) is 14.4 Å². The maximum absolute atomic E-state index is 11.9. The summed E-state index contributed by atoms with van der Waals surface area (Å²) in [5.41, 5.74) is 0.393. The van der Waals surface area contributed by atoms with Gasteiger partial charge in [0.2, 0.25) is 5.91 Å². The zero-order chi connectivity index (χ0) is 14.0. The van der Waals surface area contributed by atoms with Gasteiger partial charge in [-0.2, -0.15) is 5.10 Å². The maximum atomic E-state index is 11.9. The van der Waals surface area contributed by atoms with E-state index in [-0.39, 0.29) is 24.6 Å². The summed E-state index contributed by atoms with van der Waals surface area (Å²) in [6.45, 7) is 0.162. The van der Waals surface area contributed by atoms with Crippen molar-refractivity contribution in [3.63, 3.8) is 0 Å². The number of methoxy groups -OCH3 is 2. The van der Waals surface area contributed by atoms with Crippen molar-refractivity contribution < 1.29 is 23.9 Å². The molecule has 0 aromatic carbocycles. The third kappa shape index (κ3) is 2.28. The maximum Gasteiger partial charge on any atom is 0.358 e. The highest BCUT2D eigenvalue weighted by molar-refractivity contribution is 6.04. The van der Waals surface area contributed by atoms with Crippen LogP contribution in [-0.2, 0) is 19.1 Å². The number of nitrogens with zero attached hydrogens (tertiary/aromatic N) is 2. The van der Waals surface area contributed by atoms with E-state index in [0.717, 1.165) is 0 Å². The van der Waals surface area contributed by atoms with Crippen molar-refractivity contribution in [1.82, 2.24) is 10.2 Å². The average molecular weight is 267 g/mol. The van der Waals surface area contributed by atoms with Crippen molar-refractivity contribution in [2.45, 2.75) is 6.42 Å². The van der Waals surface area contributed by atoms with Crippen molar-refractivity contribution in [2.75, 3.05) is 25.7 Å². The van der Waals surface area contributed by atoms with E-state index in [2.05, 4.69) is 19.7 Å². The third-order valence-corrected chi connectivity index (χ3v) is 2.96. The fourth-order valence-electron chi connectivity index (χ4n) is 2.00. The Hall–Kier alpha value is -2.38. The van der Waals surface area contributed by atoms with E-state index in [4.69, 9.17) is 0 Å². The average Bonchev–Trinajstić information content (AvgIpc) is 3.02. The Morgan fingerprint density at radius 2 is 2.16 bits per heavy atom. The first-order valence-electron chi connectivity index (χ1n) is 5.58. The number of esters is 2. The number of carbonyl (C=O) groups excluding carboxylic acids is 3. The van der Waals surface area contributed by atoms with E-state index in [1.165, 1.54) is 25.3 Å². The lowest BCUT2D eigenvalue weighted by Crippen LogP contribution is -2.27. The van der Waals surface area contributed by atoms with Gasteiger partial charge in [0.25, 0.3) is 0 Å². The third-order valence-electron chi connectivity index (χ3n) is 2.96. The van der Waals surface area contributed by atoms with Gasteiger partial charge in [0.15, 0.2) is 5.69 Å². The Morgan fingerprint density at radius 3 is 2.79 bits per heavy atom. The molecular formula is C11H13N3O5. The summed E-state index contributed by atoms with van der Waals surface area (Å²) in [4.78, 5) is 36.2. The molecule has 1 aromatic heterocycles. The normalized spacial score (nSPS) is 18.5. The number of rotatable bonds is 3. The predicted octanol–water partition coefficient (Wildman–Crippen LogP) is -0.278. The van der Waals surface area contributed by atoms with Crippen molar-refractivity contribution in [3.8, 4) is 0 Å². The second kappa shape index (κ2) is 5.09. The van der Waals surface area contributed by atoms with Gasteiger partial charge in [0, 0.05) is 13.0 Å². The van der Waals surface area contributed by atoms with Crippen LogP contribution in [0.5, 0.6) is 0 Å². The standard InChI is InChI=1S/C11H13N3O5/c1-18-10(16)6-3-8(15)14(5-6)7-4-12-13-9(7)11(17)19-2/h4,6H,3,5H2,1-2H3,(H,12,13). The van der Waals surface area contributed by atoms with E-state index in [1.54, 1.807) is 0 Å². The summed E-state index contributed by atoms with van der Waals surface area (Å²) in [6, 6.07) is 0. The van der Waals surface area contributed by atoms with Gasteiger partial charge < -0.3 is 14.4 Å². The molecule has 1 fully saturated rings. The van der Waals surface area contributed by atoms with Gasteiger partial charge in [0.1, 0.15) is 0 Å². The number of nitrogens with one attached hydrogen (secondary N) is 1. The highest BCUT2D eigenvalue weighted by Crippen LogP contribution is 2.27. The molecule has 2 heterocycles. The molecule has 1 N–H and O–H groups in total. The molecule has 0 spiro atoms. The lowest BCUT2D eigenvalue weighted by atomic mass is 10.1. The fraction of sp³-hybridized carbons (Fsp3) is 0.455. The second-order valence-electron chi connectivity index (χ2n) is 4.05. The molecule has 1 aliphatic rings. The smallest absolute Gasteiger partial charge is 0.358 e. The molecule has 19 heavy (non-hydrogen) atoms. The van der Waals surface area contributed by atoms with E-state index in [0.29, 0.717) is 5.69 Å². The summed E-state index contributed by atoms with van der Waals surface area (Å²) < 4.78 is 9.20. The molecule has 0 aliphatic carbocycles. The monoisotopic (exact) mass is 267 g/mol. The Balaban J connectivity index is 2.24. The van der Waals surface area contributed by atoms with Crippen molar-refractivity contribution in [3.05, 3.63) is 11.9 Å². The summed E-state index contributed by atoms with van der Waals surface area (Å²) >= 11 is 0. The highest BCUT2D eigenvalue weighted by atomic mass is 16.5. The van der Waals surface area contributed by atoms with Gasteiger partial charge in [-0.3, -0.25) is 14.7 Å². The van der Waals surface area contributed by atoms with Gasteiger partial charge in [-0.05, 0) is 0 Å². The molecule has 1 unspecified atom stereocenters. The van der Waals surface area contributed by atoms with Crippen LogP contribution in [0.1, 0.15) is 16.9 Å². The quantitative estimate of drug-likeness (QED) is 0.756. The minimum atomic E-state index is -0.623. The minimum absolute atomic E-state index is 0.0540. The number of anilines is 1. The molecule has 1 atom stereocenters. The van der Waals surface area contributed by atoms with Crippen molar-refractivity contribution in [2.24, 2.45) is 5.92 Å². The summed E-state index contributed by atoms with van der Waals surface area (Å²) in [5, 5.41) is 6.20. The zero-order valence-corrected chi connectivity index (χ0v) is 10.5. The summed E-state index contributed by atoms with van der Waals surface area (Å²) in [5.74, 6) is -1.86. The number of carbonyl (C=O) groups is 3. The number of ether oxygens (including phenoxy) is 2. The van der Waals surface area contributed by atoms with Crippen LogP contribution in [0.3, 0.4) is 0 Å². The number of aromatic nitrogens is 2. The van der Waals surface area contributed by atoms with Crippen LogP contribution in [0.15, 0.2) is 6.20 Å². The molecule has 1 aliphatic heterocycles. The summed E-state index contributed by atoms with van der Waals surface area (Å²) in [6.07, 6.45) is 1.41. The van der Waals surface area contributed by atoms with Crippen LogP contribution in [-0.4, -0.2) is 48.8 Å². The molecule has 102 valence electrons. The summed E-state index contributed by atoms with van der Waals surface area (Å²) in [7, 11) is 2.50. The number of H-pyrrole nitrogens is 1. The van der Waals surface area contributed by atoms with Crippen molar-refractivity contribution >= 4 is 23.5 Å². The van der Waals surface area contributed by atoms with Crippen LogP contribution in [0, 0.1) is 5.92 Å². The molecule has 0 radical (unpaired) electrons. The number of hydrogen-bond donors (Lipinski definition) is 1. The molecular weight excluding hydrogens is 254 g/mol. The van der Waals surface area contributed by atoms with E-state index < -0.39 is 17.9 Å². The first-order chi connectivity index (χ1) is 9.08. The topological polar surface area (TPSA) is 102 Å². The van der Waals surface area contributed by atoms with Crippen LogP contribution < -0.4 is 4.90 Å². The number of amides is 1. The Labute approximate surface area is 108 Å².